The second-order valence-electron chi connectivity index (χ2n) is 1.58. The van der Waals surface area contributed by atoms with Crippen molar-refractivity contribution in [3.05, 3.63) is 0 Å². The number of carbonyl (C=O) groups excluding carboxylic acids is 1. The van der Waals surface area contributed by atoms with Crippen molar-refractivity contribution in [2.45, 2.75) is 6.04 Å². The summed E-state index contributed by atoms with van der Waals surface area (Å²) in [5.74, 6) is -0.447. The van der Waals surface area contributed by atoms with Crippen molar-refractivity contribution in [1.82, 2.24) is 0 Å². The van der Waals surface area contributed by atoms with Gasteiger partial charge >= 0.3 is 5.97 Å². The fraction of sp³-hybridized carbons (Fsp3) is 0.800. The summed E-state index contributed by atoms with van der Waals surface area (Å²) in [6.07, 6.45) is 0. The van der Waals surface area contributed by atoms with Crippen LogP contribution in [0.5, 0.6) is 0 Å². The van der Waals surface area contributed by atoms with E-state index in [2.05, 4.69) is 9.47 Å². The zero-order valence-corrected chi connectivity index (χ0v) is 5.59. The zero-order valence-electron chi connectivity index (χ0n) is 5.59. The third-order valence-corrected chi connectivity index (χ3v) is 0.850. The highest BCUT2D eigenvalue weighted by Gasteiger charge is 2.11. The Labute approximate surface area is 53.9 Å². The second kappa shape index (κ2) is 4.29. The van der Waals surface area contributed by atoms with Crippen molar-refractivity contribution in [2.75, 3.05) is 20.8 Å². The van der Waals surface area contributed by atoms with E-state index in [4.69, 9.17) is 5.73 Å². The maximum absolute atomic E-state index is 10.5. The Morgan fingerprint density at radius 3 is 2.56 bits per heavy atom. The normalized spacial score (nSPS) is 12.8. The van der Waals surface area contributed by atoms with Gasteiger partial charge in [0.05, 0.1) is 13.7 Å². The highest BCUT2D eigenvalue weighted by Crippen LogP contribution is 1.82. The number of rotatable bonds is 3. The first-order chi connectivity index (χ1) is 4.22. The Kier molecular flexibility index (Phi) is 4.00. The van der Waals surface area contributed by atoms with Crippen molar-refractivity contribution in [3.8, 4) is 0 Å². The molecule has 0 aliphatic rings. The minimum absolute atomic E-state index is 0.201. The van der Waals surface area contributed by atoms with Crippen LogP contribution in [0.25, 0.3) is 0 Å². The van der Waals surface area contributed by atoms with Crippen LogP contribution in [0.15, 0.2) is 0 Å². The van der Waals surface area contributed by atoms with Crippen LogP contribution in [0, 0.1) is 0 Å². The van der Waals surface area contributed by atoms with Crippen molar-refractivity contribution in [2.24, 2.45) is 5.73 Å². The van der Waals surface area contributed by atoms with Gasteiger partial charge in [-0.1, -0.05) is 0 Å². The van der Waals surface area contributed by atoms with Crippen LogP contribution < -0.4 is 5.73 Å². The quantitative estimate of drug-likeness (QED) is 0.508. The van der Waals surface area contributed by atoms with Crippen LogP contribution in [0.1, 0.15) is 0 Å². The maximum atomic E-state index is 10.5. The molecule has 0 aromatic rings. The summed E-state index contributed by atoms with van der Waals surface area (Å²) in [7, 11) is 2.76. The van der Waals surface area contributed by atoms with Crippen LogP contribution in [-0.2, 0) is 14.3 Å². The SMILES string of the molecule is COC[C@@H](N)C(=O)OC. The van der Waals surface area contributed by atoms with E-state index in [9.17, 15) is 4.79 Å². The first kappa shape index (κ1) is 8.39. The summed E-state index contributed by atoms with van der Waals surface area (Å²) in [6, 6.07) is -0.653. The van der Waals surface area contributed by atoms with Gasteiger partial charge in [0.25, 0.3) is 0 Å². The fourth-order valence-electron chi connectivity index (χ4n) is 0.399. The minimum Gasteiger partial charge on any atom is -0.468 e. The lowest BCUT2D eigenvalue weighted by Crippen LogP contribution is -2.35. The molecule has 2 N–H and O–H groups in total. The predicted octanol–water partition coefficient (Wildman–Crippen LogP) is -0.867. The largest absolute Gasteiger partial charge is 0.468 e. The first-order valence-corrected chi connectivity index (χ1v) is 2.54. The van der Waals surface area contributed by atoms with Gasteiger partial charge in [-0.3, -0.25) is 4.79 Å². The molecule has 0 bridgehead atoms. The van der Waals surface area contributed by atoms with Gasteiger partial charge in [-0.25, -0.2) is 0 Å². The Morgan fingerprint density at radius 1 is 1.67 bits per heavy atom. The van der Waals surface area contributed by atoms with E-state index < -0.39 is 12.0 Å². The van der Waals surface area contributed by atoms with Crippen molar-refractivity contribution < 1.29 is 14.3 Å². The molecule has 4 nitrogen and oxygen atoms in total. The van der Waals surface area contributed by atoms with Crippen LogP contribution in [-0.4, -0.2) is 32.8 Å². The zero-order chi connectivity index (χ0) is 7.28. The van der Waals surface area contributed by atoms with Gasteiger partial charge in [0.15, 0.2) is 0 Å². The number of methoxy groups -OCH3 is 2. The highest BCUT2D eigenvalue weighted by molar-refractivity contribution is 5.75. The van der Waals surface area contributed by atoms with Crippen molar-refractivity contribution >= 4 is 5.97 Å². The van der Waals surface area contributed by atoms with Gasteiger partial charge < -0.3 is 15.2 Å². The molecule has 0 aliphatic carbocycles. The predicted molar refractivity (Wildman–Crippen MR) is 31.9 cm³/mol. The van der Waals surface area contributed by atoms with E-state index in [0.29, 0.717) is 0 Å². The fourth-order valence-corrected chi connectivity index (χ4v) is 0.399. The van der Waals surface area contributed by atoms with Gasteiger partial charge in [0.1, 0.15) is 6.04 Å². The van der Waals surface area contributed by atoms with E-state index in [1.807, 2.05) is 0 Å². The van der Waals surface area contributed by atoms with E-state index in [0.717, 1.165) is 0 Å². The lowest BCUT2D eigenvalue weighted by atomic mass is 10.3. The van der Waals surface area contributed by atoms with Crippen molar-refractivity contribution in [1.29, 1.82) is 0 Å². The number of ether oxygens (including phenoxy) is 2. The van der Waals surface area contributed by atoms with Crippen molar-refractivity contribution in [3.63, 3.8) is 0 Å². The Hall–Kier alpha value is -0.610. The number of esters is 1. The van der Waals surface area contributed by atoms with E-state index in [1.54, 1.807) is 0 Å². The molecule has 0 saturated carbocycles. The average molecular weight is 133 g/mol. The van der Waals surface area contributed by atoms with Gasteiger partial charge in [-0.2, -0.15) is 0 Å². The standard InChI is InChI=1S/C5H11NO3/c1-8-3-4(6)5(7)9-2/h4H,3,6H2,1-2H3/t4-/m1/s1. The highest BCUT2D eigenvalue weighted by atomic mass is 16.5. The summed E-state index contributed by atoms with van der Waals surface area (Å²) in [5, 5.41) is 0. The summed E-state index contributed by atoms with van der Waals surface area (Å²) >= 11 is 0. The lowest BCUT2D eigenvalue weighted by molar-refractivity contribution is -0.143. The van der Waals surface area contributed by atoms with E-state index in [-0.39, 0.29) is 6.61 Å². The third-order valence-electron chi connectivity index (χ3n) is 0.850. The number of nitrogens with two attached hydrogens (primary N) is 1. The summed E-state index contributed by atoms with van der Waals surface area (Å²) in [4.78, 5) is 10.5. The Bertz CT molecular complexity index is 94.2. The molecule has 0 spiro atoms. The van der Waals surface area contributed by atoms with Crippen LogP contribution in [0.2, 0.25) is 0 Å². The van der Waals surface area contributed by atoms with Crippen LogP contribution >= 0.6 is 0 Å². The van der Waals surface area contributed by atoms with Gasteiger partial charge in [0.2, 0.25) is 0 Å². The molecular weight excluding hydrogens is 122 g/mol. The van der Waals surface area contributed by atoms with Gasteiger partial charge in [0, 0.05) is 7.11 Å². The van der Waals surface area contributed by atoms with Crippen LogP contribution in [0.4, 0.5) is 0 Å². The molecule has 0 saturated heterocycles. The molecule has 0 radical (unpaired) electrons. The minimum atomic E-state index is -0.653. The molecule has 4 heteroatoms. The summed E-state index contributed by atoms with van der Waals surface area (Å²) in [5.41, 5.74) is 5.24. The van der Waals surface area contributed by atoms with E-state index in [1.165, 1.54) is 14.2 Å². The Morgan fingerprint density at radius 2 is 2.22 bits per heavy atom. The molecule has 0 unspecified atom stereocenters. The second-order valence-corrected chi connectivity index (χ2v) is 1.58. The summed E-state index contributed by atoms with van der Waals surface area (Å²) in [6.45, 7) is 0.201. The average Bonchev–Trinajstić information content (AvgIpc) is 1.87. The number of hydrogen-bond acceptors (Lipinski definition) is 4. The smallest absolute Gasteiger partial charge is 0.325 e. The molecule has 0 amide bonds. The van der Waals surface area contributed by atoms with Crippen LogP contribution in [0.3, 0.4) is 0 Å². The molecule has 1 atom stereocenters. The summed E-state index contributed by atoms with van der Waals surface area (Å²) < 4.78 is 8.92. The van der Waals surface area contributed by atoms with Gasteiger partial charge in [-0.15, -0.1) is 0 Å². The number of hydrogen-bond donors (Lipinski definition) is 1. The topological polar surface area (TPSA) is 61.5 Å². The molecule has 0 aliphatic heterocycles. The molecule has 0 aromatic carbocycles. The molecule has 0 heterocycles. The molecule has 0 aromatic heterocycles. The third kappa shape index (κ3) is 3.05. The maximum Gasteiger partial charge on any atom is 0.325 e. The molecular formula is C5H11NO3. The molecule has 0 rings (SSSR count). The molecule has 54 valence electrons. The molecule has 9 heavy (non-hydrogen) atoms. The van der Waals surface area contributed by atoms with Gasteiger partial charge in [-0.05, 0) is 0 Å². The first-order valence-electron chi connectivity index (χ1n) is 2.54. The number of carbonyl (C=O) groups is 1. The van der Waals surface area contributed by atoms with E-state index >= 15 is 0 Å². The monoisotopic (exact) mass is 133 g/mol. The Balaban J connectivity index is 3.45. The lowest BCUT2D eigenvalue weighted by Gasteiger charge is -2.05. The molecule has 0 fully saturated rings.